The van der Waals surface area contributed by atoms with Crippen molar-refractivity contribution in [1.82, 2.24) is 4.37 Å². The molecule has 12 heavy (non-hydrogen) atoms. The molecule has 0 aromatic carbocycles. The van der Waals surface area contributed by atoms with Crippen LogP contribution in [0.15, 0.2) is 18.9 Å². The third kappa shape index (κ3) is 3.01. The summed E-state index contributed by atoms with van der Waals surface area (Å²) in [5, 5.41) is 0. The summed E-state index contributed by atoms with van der Waals surface area (Å²) in [5.74, 6) is 0. The van der Waals surface area contributed by atoms with E-state index in [1.54, 1.807) is 0 Å². The molecule has 0 aliphatic rings. The fourth-order valence-corrected chi connectivity index (χ4v) is 1.30. The molecule has 1 aromatic rings. The molecule has 1 nitrogen and oxygen atoms in total. The van der Waals surface area contributed by atoms with Crippen molar-refractivity contribution in [1.29, 1.82) is 0 Å². The highest BCUT2D eigenvalue weighted by Crippen LogP contribution is 2.15. The smallest absolute Gasteiger partial charge is 0.0543 e. The fourth-order valence-electron chi connectivity index (χ4n) is 0.716. The predicted octanol–water partition coefficient (Wildman–Crippen LogP) is 3.85. The minimum absolute atomic E-state index is 1.14. The Bertz CT molecular complexity index is 248. The monoisotopic (exact) mass is 181 g/mol. The molecule has 0 bridgehead atoms. The van der Waals surface area contributed by atoms with Gasteiger partial charge in [-0.25, -0.2) is 0 Å². The highest BCUT2D eigenvalue weighted by Gasteiger charge is 1.95. The largest absolute Gasteiger partial charge is 0.200 e. The summed E-state index contributed by atoms with van der Waals surface area (Å²) in [4.78, 5) is 1.14. The minimum Gasteiger partial charge on any atom is -0.200 e. The van der Waals surface area contributed by atoms with E-state index < -0.39 is 0 Å². The van der Waals surface area contributed by atoms with Crippen LogP contribution in [-0.2, 0) is 0 Å². The lowest BCUT2D eigenvalue weighted by atomic mass is 10.2. The lowest BCUT2D eigenvalue weighted by molar-refractivity contribution is 1.50. The van der Waals surface area contributed by atoms with Gasteiger partial charge < -0.3 is 0 Å². The van der Waals surface area contributed by atoms with E-state index in [0.717, 1.165) is 10.4 Å². The van der Waals surface area contributed by atoms with Gasteiger partial charge in [-0.2, -0.15) is 4.37 Å². The van der Waals surface area contributed by atoms with Crippen molar-refractivity contribution >= 4 is 23.7 Å². The summed E-state index contributed by atoms with van der Waals surface area (Å²) in [5.41, 5.74) is 1.16. The average molecular weight is 181 g/mol. The zero-order valence-corrected chi connectivity index (χ0v) is 8.69. The Morgan fingerprint density at radius 1 is 1.50 bits per heavy atom. The SMILES string of the molecule is C=Cc1sncc1/C=C\C.CC. The zero-order chi connectivity index (χ0) is 9.40. The topological polar surface area (TPSA) is 12.9 Å². The molecule has 2 heteroatoms. The molecule has 0 fully saturated rings. The van der Waals surface area contributed by atoms with Crippen LogP contribution in [0.4, 0.5) is 0 Å². The Morgan fingerprint density at radius 2 is 2.17 bits per heavy atom. The molecule has 0 aliphatic heterocycles. The first-order chi connectivity index (χ1) is 5.88. The molecule has 1 heterocycles. The van der Waals surface area contributed by atoms with Gasteiger partial charge >= 0.3 is 0 Å². The van der Waals surface area contributed by atoms with Crippen LogP contribution in [0, 0.1) is 0 Å². The molecule has 0 spiro atoms. The van der Waals surface area contributed by atoms with Gasteiger partial charge in [-0.1, -0.05) is 32.6 Å². The van der Waals surface area contributed by atoms with Gasteiger partial charge in [0, 0.05) is 11.8 Å². The van der Waals surface area contributed by atoms with Crippen molar-refractivity contribution < 1.29 is 0 Å². The summed E-state index contributed by atoms with van der Waals surface area (Å²) >= 11 is 1.47. The van der Waals surface area contributed by atoms with Gasteiger partial charge in [0.25, 0.3) is 0 Å². The van der Waals surface area contributed by atoms with Crippen LogP contribution in [0.5, 0.6) is 0 Å². The molecule has 1 rings (SSSR count). The molecule has 0 amide bonds. The molecular weight excluding hydrogens is 166 g/mol. The van der Waals surface area contributed by atoms with Gasteiger partial charge in [0.2, 0.25) is 0 Å². The maximum atomic E-state index is 4.03. The van der Waals surface area contributed by atoms with Gasteiger partial charge in [0.1, 0.15) is 0 Å². The van der Waals surface area contributed by atoms with Crippen molar-refractivity contribution in [3.05, 3.63) is 29.3 Å². The number of hydrogen-bond acceptors (Lipinski definition) is 2. The second kappa shape index (κ2) is 6.80. The lowest BCUT2D eigenvalue weighted by Gasteiger charge is -1.84. The first kappa shape index (κ1) is 11.1. The van der Waals surface area contributed by atoms with Crippen molar-refractivity contribution in [2.24, 2.45) is 0 Å². The number of aromatic nitrogens is 1. The highest BCUT2D eigenvalue weighted by molar-refractivity contribution is 7.07. The predicted molar refractivity (Wildman–Crippen MR) is 58.3 cm³/mol. The second-order valence-electron chi connectivity index (χ2n) is 1.85. The standard InChI is InChI=1S/C8H9NS.C2H6/c1-3-5-7-6-9-10-8(7)4-2;1-2/h3-6H,2H2,1H3;1-2H3/b5-3-;. The van der Waals surface area contributed by atoms with Crippen molar-refractivity contribution in [3.8, 4) is 0 Å². The van der Waals surface area contributed by atoms with E-state index in [1.807, 2.05) is 45.2 Å². The van der Waals surface area contributed by atoms with Crippen LogP contribution >= 0.6 is 11.5 Å². The fraction of sp³-hybridized carbons (Fsp3) is 0.300. The van der Waals surface area contributed by atoms with Gasteiger partial charge in [-0.05, 0) is 24.5 Å². The van der Waals surface area contributed by atoms with E-state index >= 15 is 0 Å². The molecule has 0 saturated heterocycles. The first-order valence-electron chi connectivity index (χ1n) is 4.08. The van der Waals surface area contributed by atoms with Crippen LogP contribution in [-0.4, -0.2) is 4.37 Å². The number of allylic oxidation sites excluding steroid dienone is 1. The molecule has 1 aromatic heterocycles. The van der Waals surface area contributed by atoms with E-state index in [1.165, 1.54) is 11.5 Å². The van der Waals surface area contributed by atoms with E-state index in [9.17, 15) is 0 Å². The Morgan fingerprint density at radius 3 is 2.67 bits per heavy atom. The normalized spacial score (nSPS) is 9.25. The van der Waals surface area contributed by atoms with E-state index in [-0.39, 0.29) is 0 Å². The Hall–Kier alpha value is -0.890. The van der Waals surface area contributed by atoms with E-state index in [0.29, 0.717) is 0 Å². The molecule has 0 unspecified atom stereocenters. The van der Waals surface area contributed by atoms with Crippen LogP contribution in [0.3, 0.4) is 0 Å². The highest BCUT2D eigenvalue weighted by atomic mass is 32.1. The average Bonchev–Trinajstić information content (AvgIpc) is 2.56. The molecule has 0 saturated carbocycles. The van der Waals surface area contributed by atoms with Gasteiger partial charge in [-0.3, -0.25) is 0 Å². The Labute approximate surface area is 78.6 Å². The second-order valence-corrected chi connectivity index (χ2v) is 2.68. The summed E-state index contributed by atoms with van der Waals surface area (Å²) in [6.07, 6.45) is 7.70. The Balaban J connectivity index is 0.000000561. The quantitative estimate of drug-likeness (QED) is 0.675. The maximum Gasteiger partial charge on any atom is 0.0543 e. The molecule has 0 N–H and O–H groups in total. The molecule has 0 aliphatic carbocycles. The van der Waals surface area contributed by atoms with Crippen molar-refractivity contribution in [3.63, 3.8) is 0 Å². The van der Waals surface area contributed by atoms with Crippen molar-refractivity contribution in [2.75, 3.05) is 0 Å². The van der Waals surface area contributed by atoms with E-state index in [2.05, 4.69) is 11.0 Å². The lowest BCUT2D eigenvalue weighted by Crippen LogP contribution is -1.65. The molecule has 0 radical (unpaired) electrons. The Kier molecular flexibility index (Phi) is 6.29. The molecule has 66 valence electrons. The zero-order valence-electron chi connectivity index (χ0n) is 7.87. The van der Waals surface area contributed by atoms with Gasteiger partial charge in [0.15, 0.2) is 0 Å². The third-order valence-corrected chi connectivity index (χ3v) is 1.97. The number of hydrogen-bond donors (Lipinski definition) is 0. The summed E-state index contributed by atoms with van der Waals surface area (Å²) < 4.78 is 4.03. The van der Waals surface area contributed by atoms with Crippen LogP contribution in [0.2, 0.25) is 0 Å². The first-order valence-corrected chi connectivity index (χ1v) is 4.85. The molecular formula is C10H15NS. The van der Waals surface area contributed by atoms with Crippen molar-refractivity contribution in [2.45, 2.75) is 20.8 Å². The molecule has 0 atom stereocenters. The van der Waals surface area contributed by atoms with Gasteiger partial charge in [0.05, 0.1) is 4.88 Å². The van der Waals surface area contributed by atoms with Gasteiger partial charge in [-0.15, -0.1) is 0 Å². The maximum absolute atomic E-state index is 4.03. The summed E-state index contributed by atoms with van der Waals surface area (Å²) in [6, 6.07) is 0. The third-order valence-electron chi connectivity index (χ3n) is 1.16. The van der Waals surface area contributed by atoms with E-state index in [4.69, 9.17) is 0 Å². The van der Waals surface area contributed by atoms with Crippen LogP contribution in [0.1, 0.15) is 31.2 Å². The number of rotatable bonds is 2. The summed E-state index contributed by atoms with van der Waals surface area (Å²) in [6.45, 7) is 9.67. The van der Waals surface area contributed by atoms with Crippen LogP contribution < -0.4 is 0 Å². The minimum atomic E-state index is 1.14. The number of nitrogens with zero attached hydrogens (tertiary/aromatic N) is 1. The van der Waals surface area contributed by atoms with Crippen LogP contribution in [0.25, 0.3) is 12.2 Å². The summed E-state index contributed by atoms with van der Waals surface area (Å²) in [7, 11) is 0.